The van der Waals surface area contributed by atoms with E-state index in [1.807, 2.05) is 0 Å². The van der Waals surface area contributed by atoms with Crippen molar-refractivity contribution in [1.29, 1.82) is 0 Å². The first-order valence-electron chi connectivity index (χ1n) is 8.55. The van der Waals surface area contributed by atoms with E-state index in [1.54, 1.807) is 0 Å². The molecular formula is C18H26F3NO5. The van der Waals surface area contributed by atoms with E-state index in [-0.39, 0.29) is 18.8 Å². The fraction of sp³-hybridized carbons (Fsp3) is 0.556. The van der Waals surface area contributed by atoms with Gasteiger partial charge in [0.15, 0.2) is 17.4 Å². The standard InChI is InChI=1S/C18H26F3NO5/c1-14(27-18-16(20)12-15(19)13-17(18)21)2-4-23-6-8-25-10-11-26-9-7-24-5-3-22/h12-13H,1-11,22H2. The normalized spacial score (nSPS) is 11.0. The van der Waals surface area contributed by atoms with Crippen molar-refractivity contribution in [2.24, 2.45) is 5.73 Å². The average Bonchev–Trinajstić information content (AvgIpc) is 2.62. The number of rotatable bonds is 16. The number of halogens is 3. The number of hydrogen-bond acceptors (Lipinski definition) is 6. The third-order valence-electron chi connectivity index (χ3n) is 3.11. The van der Waals surface area contributed by atoms with E-state index in [0.29, 0.717) is 64.9 Å². The van der Waals surface area contributed by atoms with Crippen molar-refractivity contribution in [2.45, 2.75) is 6.42 Å². The Kier molecular flexibility index (Phi) is 12.5. The van der Waals surface area contributed by atoms with Gasteiger partial charge in [-0.1, -0.05) is 6.58 Å². The van der Waals surface area contributed by atoms with Gasteiger partial charge >= 0.3 is 0 Å². The lowest BCUT2D eigenvalue weighted by atomic mass is 10.3. The molecule has 0 aliphatic rings. The third-order valence-corrected chi connectivity index (χ3v) is 3.11. The minimum absolute atomic E-state index is 0.102. The maximum absolute atomic E-state index is 13.4. The summed E-state index contributed by atoms with van der Waals surface area (Å²) in [5.41, 5.74) is 5.27. The monoisotopic (exact) mass is 393 g/mol. The van der Waals surface area contributed by atoms with Crippen LogP contribution in [0, 0.1) is 17.5 Å². The van der Waals surface area contributed by atoms with Gasteiger partial charge in [0.1, 0.15) is 5.82 Å². The molecule has 0 bridgehead atoms. The third kappa shape index (κ3) is 10.9. The Morgan fingerprint density at radius 1 is 0.778 bits per heavy atom. The first-order valence-corrected chi connectivity index (χ1v) is 8.55. The predicted molar refractivity (Wildman–Crippen MR) is 93.0 cm³/mol. The Morgan fingerprint density at radius 2 is 1.22 bits per heavy atom. The molecule has 2 N–H and O–H groups in total. The summed E-state index contributed by atoms with van der Waals surface area (Å²) in [6.45, 7) is 7.37. The molecule has 0 saturated heterocycles. The zero-order valence-corrected chi connectivity index (χ0v) is 15.2. The lowest BCUT2D eigenvalue weighted by Gasteiger charge is -2.11. The Balaban J connectivity index is 1.99. The highest BCUT2D eigenvalue weighted by Gasteiger charge is 2.14. The lowest BCUT2D eigenvalue weighted by Crippen LogP contribution is -2.14. The molecule has 0 spiro atoms. The van der Waals surface area contributed by atoms with Gasteiger partial charge < -0.3 is 29.4 Å². The average molecular weight is 393 g/mol. The molecule has 1 aromatic carbocycles. The zero-order valence-electron chi connectivity index (χ0n) is 15.2. The van der Waals surface area contributed by atoms with Crippen LogP contribution < -0.4 is 10.5 Å². The first kappa shape index (κ1) is 23.4. The van der Waals surface area contributed by atoms with E-state index in [9.17, 15) is 13.2 Å². The topological polar surface area (TPSA) is 72.2 Å². The summed E-state index contributed by atoms with van der Waals surface area (Å²) in [5, 5.41) is 0. The highest BCUT2D eigenvalue weighted by molar-refractivity contribution is 5.28. The molecule has 27 heavy (non-hydrogen) atoms. The van der Waals surface area contributed by atoms with Gasteiger partial charge in [0.25, 0.3) is 0 Å². The zero-order chi connectivity index (χ0) is 19.9. The van der Waals surface area contributed by atoms with Crippen molar-refractivity contribution in [3.05, 3.63) is 41.9 Å². The fourth-order valence-electron chi connectivity index (χ4n) is 1.85. The van der Waals surface area contributed by atoms with Crippen LogP contribution in [0.25, 0.3) is 0 Å². The first-order chi connectivity index (χ1) is 13.0. The molecule has 1 rings (SSSR count). The molecule has 154 valence electrons. The number of hydrogen-bond donors (Lipinski definition) is 1. The Morgan fingerprint density at radius 3 is 1.70 bits per heavy atom. The lowest BCUT2D eigenvalue weighted by molar-refractivity contribution is -0.00112. The second kappa shape index (κ2) is 14.4. The van der Waals surface area contributed by atoms with Gasteiger partial charge in [-0.15, -0.1) is 0 Å². The number of ether oxygens (including phenoxy) is 5. The van der Waals surface area contributed by atoms with Gasteiger partial charge in [0, 0.05) is 25.1 Å². The van der Waals surface area contributed by atoms with Gasteiger partial charge in [-0.25, -0.2) is 13.2 Å². The summed E-state index contributed by atoms with van der Waals surface area (Å²) in [5.74, 6) is -3.85. The smallest absolute Gasteiger partial charge is 0.198 e. The Bertz CT molecular complexity index is 537. The van der Waals surface area contributed by atoms with Crippen LogP contribution in [0.4, 0.5) is 13.2 Å². The van der Waals surface area contributed by atoms with Gasteiger partial charge in [-0.05, 0) is 0 Å². The Hall–Kier alpha value is -1.65. The molecule has 0 unspecified atom stereocenters. The van der Waals surface area contributed by atoms with Crippen LogP contribution in [0.1, 0.15) is 6.42 Å². The maximum atomic E-state index is 13.4. The van der Waals surface area contributed by atoms with Crippen molar-refractivity contribution in [2.75, 3.05) is 59.4 Å². The van der Waals surface area contributed by atoms with Crippen LogP contribution in [0.3, 0.4) is 0 Å². The van der Waals surface area contributed by atoms with Crippen LogP contribution in [-0.2, 0) is 18.9 Å². The van der Waals surface area contributed by atoms with E-state index in [4.69, 9.17) is 29.4 Å². The SMILES string of the molecule is C=C(CCOCCOCCOCCOCCN)Oc1c(F)cc(F)cc1F. The summed E-state index contributed by atoms with van der Waals surface area (Å²) in [6, 6.07) is 1.08. The molecule has 0 heterocycles. The molecule has 0 saturated carbocycles. The van der Waals surface area contributed by atoms with E-state index in [1.165, 1.54) is 0 Å². The van der Waals surface area contributed by atoms with Crippen molar-refractivity contribution >= 4 is 0 Å². The summed E-state index contributed by atoms with van der Waals surface area (Å²) >= 11 is 0. The van der Waals surface area contributed by atoms with Gasteiger partial charge in [-0.2, -0.15) is 0 Å². The fourth-order valence-corrected chi connectivity index (χ4v) is 1.85. The quantitative estimate of drug-likeness (QED) is 0.344. The molecule has 0 aromatic heterocycles. The van der Waals surface area contributed by atoms with Gasteiger partial charge in [0.2, 0.25) is 0 Å². The van der Waals surface area contributed by atoms with Crippen LogP contribution >= 0.6 is 0 Å². The second-order valence-electron chi connectivity index (χ2n) is 5.33. The summed E-state index contributed by atoms with van der Waals surface area (Å²) in [7, 11) is 0. The van der Waals surface area contributed by atoms with E-state index in [2.05, 4.69) is 6.58 Å². The Labute approximate surface area is 157 Å². The van der Waals surface area contributed by atoms with Crippen molar-refractivity contribution in [3.63, 3.8) is 0 Å². The second-order valence-corrected chi connectivity index (χ2v) is 5.33. The van der Waals surface area contributed by atoms with E-state index < -0.39 is 23.2 Å². The molecule has 9 heteroatoms. The minimum atomic E-state index is -1.13. The van der Waals surface area contributed by atoms with Gasteiger partial charge in [-0.3, -0.25) is 0 Å². The molecule has 0 fully saturated rings. The molecular weight excluding hydrogens is 367 g/mol. The summed E-state index contributed by atoms with van der Waals surface area (Å²) < 4.78 is 65.7. The van der Waals surface area contributed by atoms with Crippen LogP contribution in [0.2, 0.25) is 0 Å². The number of benzene rings is 1. The molecule has 0 radical (unpaired) electrons. The van der Waals surface area contributed by atoms with Gasteiger partial charge in [0.05, 0.1) is 58.6 Å². The molecule has 0 amide bonds. The summed E-state index contributed by atoms with van der Waals surface area (Å²) in [6.07, 6.45) is 0.224. The molecule has 0 atom stereocenters. The molecule has 6 nitrogen and oxygen atoms in total. The van der Waals surface area contributed by atoms with Crippen LogP contribution in [0.5, 0.6) is 5.75 Å². The van der Waals surface area contributed by atoms with Crippen LogP contribution in [-0.4, -0.2) is 59.4 Å². The van der Waals surface area contributed by atoms with Crippen molar-refractivity contribution in [1.82, 2.24) is 0 Å². The van der Waals surface area contributed by atoms with E-state index in [0.717, 1.165) is 0 Å². The highest BCUT2D eigenvalue weighted by Crippen LogP contribution is 2.24. The predicted octanol–water partition coefficient (Wildman–Crippen LogP) is 2.41. The molecule has 0 aliphatic carbocycles. The minimum Gasteiger partial charge on any atom is -0.456 e. The summed E-state index contributed by atoms with van der Waals surface area (Å²) in [4.78, 5) is 0. The van der Waals surface area contributed by atoms with Crippen LogP contribution in [0.15, 0.2) is 24.5 Å². The molecule has 1 aromatic rings. The molecule has 0 aliphatic heterocycles. The largest absolute Gasteiger partial charge is 0.456 e. The highest BCUT2D eigenvalue weighted by atomic mass is 19.1. The number of nitrogens with two attached hydrogens (primary N) is 1. The van der Waals surface area contributed by atoms with Crippen molar-refractivity contribution < 1.29 is 36.9 Å². The van der Waals surface area contributed by atoms with Crippen molar-refractivity contribution in [3.8, 4) is 5.75 Å². The van der Waals surface area contributed by atoms with E-state index >= 15 is 0 Å². The maximum Gasteiger partial charge on any atom is 0.198 e.